The van der Waals surface area contributed by atoms with Gasteiger partial charge in [0.05, 0.1) is 0 Å². The van der Waals surface area contributed by atoms with Gasteiger partial charge in [-0.15, -0.1) is 0 Å². The van der Waals surface area contributed by atoms with E-state index < -0.39 is 17.9 Å². The maximum Gasteiger partial charge on any atom is 0.303 e. The molecule has 1 rings (SSSR count). The van der Waals surface area contributed by atoms with E-state index in [-0.39, 0.29) is 25.2 Å². The molecule has 0 aliphatic heterocycles. The predicted molar refractivity (Wildman–Crippen MR) is 82.7 cm³/mol. The summed E-state index contributed by atoms with van der Waals surface area (Å²) in [5, 5.41) is 19.7. The van der Waals surface area contributed by atoms with E-state index in [0.717, 1.165) is 12.8 Å². The molecule has 0 heterocycles. The summed E-state index contributed by atoms with van der Waals surface area (Å²) in [7, 11) is 0. The first-order valence-corrected chi connectivity index (χ1v) is 7.52. The molecule has 1 aromatic carbocycles. The molecule has 1 atom stereocenters. The van der Waals surface area contributed by atoms with Gasteiger partial charge in [0, 0.05) is 12.8 Å². The minimum absolute atomic E-state index is 0.0719. The van der Waals surface area contributed by atoms with Gasteiger partial charge in [0.25, 0.3) is 5.91 Å². The molecule has 0 unspecified atom stereocenters. The number of rotatable bonds is 10. The number of hydrogen-bond acceptors (Lipinski definition) is 4. The zero-order valence-electron chi connectivity index (χ0n) is 12.8. The molecular weight excluding hydrogens is 300 g/mol. The number of unbranched alkanes of at least 4 members (excludes halogenated alkanes) is 1. The SMILES string of the molecule is O=C(O)CC[C@@H](NC(=O)CCCCc1ccccc1)C(=O)NO. The largest absolute Gasteiger partial charge is 0.481 e. The van der Waals surface area contributed by atoms with Crippen LogP contribution in [0.15, 0.2) is 30.3 Å². The quantitative estimate of drug-likeness (QED) is 0.294. The molecule has 7 heteroatoms. The lowest BCUT2D eigenvalue weighted by Gasteiger charge is -2.15. The monoisotopic (exact) mass is 322 g/mol. The molecule has 4 N–H and O–H groups in total. The molecule has 7 nitrogen and oxygen atoms in total. The predicted octanol–water partition coefficient (Wildman–Crippen LogP) is 1.25. The normalized spacial score (nSPS) is 11.5. The Morgan fingerprint density at radius 3 is 2.35 bits per heavy atom. The third kappa shape index (κ3) is 7.96. The smallest absolute Gasteiger partial charge is 0.303 e. The van der Waals surface area contributed by atoms with Crippen LogP contribution in [0.1, 0.15) is 37.7 Å². The second-order valence-corrected chi connectivity index (χ2v) is 5.22. The molecule has 0 saturated heterocycles. The van der Waals surface area contributed by atoms with Crippen molar-refractivity contribution in [2.45, 2.75) is 44.6 Å². The van der Waals surface area contributed by atoms with E-state index in [4.69, 9.17) is 10.3 Å². The number of carbonyl (C=O) groups is 3. The van der Waals surface area contributed by atoms with Gasteiger partial charge in [-0.25, -0.2) is 5.48 Å². The highest BCUT2D eigenvalue weighted by atomic mass is 16.5. The number of nitrogens with one attached hydrogen (secondary N) is 2. The highest BCUT2D eigenvalue weighted by molar-refractivity contribution is 5.87. The van der Waals surface area contributed by atoms with Gasteiger partial charge in [0.1, 0.15) is 6.04 Å². The molecule has 1 aromatic rings. The standard InChI is InChI=1S/C16H22N2O5/c19-14(9-5-4-8-12-6-2-1-3-7-12)17-13(16(22)18-23)10-11-15(20)21/h1-3,6-7,13,23H,4-5,8-11H2,(H,17,19)(H,18,22)(H,20,21)/t13-/m1/s1. The van der Waals surface area contributed by atoms with Gasteiger partial charge in [-0.1, -0.05) is 30.3 Å². The molecule has 0 spiro atoms. The number of aliphatic carboxylic acids is 1. The van der Waals surface area contributed by atoms with Crippen LogP contribution in [0, 0.1) is 0 Å². The van der Waals surface area contributed by atoms with Crippen LogP contribution >= 0.6 is 0 Å². The Kier molecular flexibility index (Phi) is 8.38. The highest BCUT2D eigenvalue weighted by Crippen LogP contribution is 2.07. The van der Waals surface area contributed by atoms with Crippen LogP contribution in [0.4, 0.5) is 0 Å². The number of aryl methyl sites for hydroxylation is 1. The van der Waals surface area contributed by atoms with Crippen LogP contribution in [0.25, 0.3) is 0 Å². The van der Waals surface area contributed by atoms with Crippen molar-refractivity contribution in [2.75, 3.05) is 0 Å². The molecule has 0 aromatic heterocycles. The van der Waals surface area contributed by atoms with E-state index in [1.165, 1.54) is 11.0 Å². The van der Waals surface area contributed by atoms with Gasteiger partial charge in [0.2, 0.25) is 5.91 Å². The molecule has 0 saturated carbocycles. The lowest BCUT2D eigenvalue weighted by Crippen LogP contribution is -2.46. The Hall–Kier alpha value is -2.41. The van der Waals surface area contributed by atoms with Crippen molar-refractivity contribution in [1.82, 2.24) is 10.8 Å². The number of hydroxylamine groups is 1. The van der Waals surface area contributed by atoms with Gasteiger partial charge >= 0.3 is 5.97 Å². The Bertz CT molecular complexity index is 518. The van der Waals surface area contributed by atoms with Crippen LogP contribution in [0.2, 0.25) is 0 Å². The van der Waals surface area contributed by atoms with Gasteiger partial charge in [0.15, 0.2) is 0 Å². The first kappa shape index (κ1) is 18.6. The summed E-state index contributed by atoms with van der Waals surface area (Å²) in [6.07, 6.45) is 2.27. The van der Waals surface area contributed by atoms with Crippen molar-refractivity contribution in [1.29, 1.82) is 0 Å². The van der Waals surface area contributed by atoms with Crippen molar-refractivity contribution in [3.05, 3.63) is 35.9 Å². The van der Waals surface area contributed by atoms with Crippen molar-refractivity contribution in [3.8, 4) is 0 Å². The fourth-order valence-corrected chi connectivity index (χ4v) is 2.14. The molecule has 23 heavy (non-hydrogen) atoms. The second-order valence-electron chi connectivity index (χ2n) is 5.22. The Morgan fingerprint density at radius 2 is 1.74 bits per heavy atom. The van der Waals surface area contributed by atoms with Gasteiger partial charge in [-0.3, -0.25) is 19.6 Å². The second kappa shape index (κ2) is 10.3. The van der Waals surface area contributed by atoms with Crippen LogP contribution in [-0.4, -0.2) is 34.1 Å². The number of carboxylic acids is 1. The molecule has 126 valence electrons. The fourth-order valence-electron chi connectivity index (χ4n) is 2.14. The van der Waals surface area contributed by atoms with Crippen LogP contribution in [0.3, 0.4) is 0 Å². The maximum absolute atomic E-state index is 11.8. The van der Waals surface area contributed by atoms with E-state index in [2.05, 4.69) is 5.32 Å². The highest BCUT2D eigenvalue weighted by Gasteiger charge is 2.21. The first-order chi connectivity index (χ1) is 11.0. The van der Waals surface area contributed by atoms with E-state index >= 15 is 0 Å². The lowest BCUT2D eigenvalue weighted by atomic mass is 10.1. The van der Waals surface area contributed by atoms with E-state index in [1.54, 1.807) is 0 Å². The molecule has 2 amide bonds. The minimum Gasteiger partial charge on any atom is -0.481 e. The fraction of sp³-hybridized carbons (Fsp3) is 0.438. The summed E-state index contributed by atoms with van der Waals surface area (Å²) in [4.78, 5) is 33.8. The molecule has 0 aliphatic rings. The third-order valence-electron chi connectivity index (χ3n) is 3.37. The molecule has 0 aliphatic carbocycles. The Balaban J connectivity index is 2.31. The molecule has 0 bridgehead atoms. The Labute approximate surface area is 134 Å². The zero-order chi connectivity index (χ0) is 17.1. The van der Waals surface area contributed by atoms with Crippen LogP contribution in [0.5, 0.6) is 0 Å². The summed E-state index contributed by atoms with van der Waals surface area (Å²) < 4.78 is 0. The summed E-state index contributed by atoms with van der Waals surface area (Å²) in [5.41, 5.74) is 2.64. The van der Waals surface area contributed by atoms with E-state index in [9.17, 15) is 14.4 Å². The lowest BCUT2D eigenvalue weighted by molar-refractivity contribution is -0.139. The topological polar surface area (TPSA) is 116 Å². The molecular formula is C16H22N2O5. The summed E-state index contributed by atoms with van der Waals surface area (Å²) in [6, 6.07) is 8.87. The number of hydrogen-bond donors (Lipinski definition) is 4. The van der Waals surface area contributed by atoms with Gasteiger partial charge < -0.3 is 10.4 Å². The summed E-state index contributed by atoms with van der Waals surface area (Å²) in [5.74, 6) is -2.22. The van der Waals surface area contributed by atoms with Crippen molar-refractivity contribution >= 4 is 17.8 Å². The minimum atomic E-state index is -1.07. The third-order valence-corrected chi connectivity index (χ3v) is 3.37. The average Bonchev–Trinajstić information content (AvgIpc) is 2.55. The van der Waals surface area contributed by atoms with Crippen molar-refractivity contribution in [3.63, 3.8) is 0 Å². The van der Waals surface area contributed by atoms with Crippen molar-refractivity contribution in [2.24, 2.45) is 0 Å². The van der Waals surface area contributed by atoms with E-state index in [1.807, 2.05) is 30.3 Å². The van der Waals surface area contributed by atoms with E-state index in [0.29, 0.717) is 6.42 Å². The number of benzene rings is 1. The number of amides is 2. The van der Waals surface area contributed by atoms with Crippen LogP contribution in [-0.2, 0) is 20.8 Å². The van der Waals surface area contributed by atoms with Gasteiger partial charge in [-0.05, 0) is 31.2 Å². The average molecular weight is 322 g/mol. The summed E-state index contributed by atoms with van der Waals surface area (Å²) >= 11 is 0. The maximum atomic E-state index is 11.8. The molecule has 0 fully saturated rings. The molecule has 0 radical (unpaired) electrons. The first-order valence-electron chi connectivity index (χ1n) is 7.52. The summed E-state index contributed by atoms with van der Waals surface area (Å²) in [6.45, 7) is 0. The van der Waals surface area contributed by atoms with Gasteiger partial charge in [-0.2, -0.15) is 0 Å². The zero-order valence-corrected chi connectivity index (χ0v) is 12.8. The number of carbonyl (C=O) groups excluding carboxylic acids is 2. The van der Waals surface area contributed by atoms with Crippen molar-refractivity contribution < 1.29 is 24.7 Å². The Morgan fingerprint density at radius 1 is 1.04 bits per heavy atom. The number of carboxylic acid groups (broad SMARTS) is 1. The van der Waals surface area contributed by atoms with Crippen LogP contribution < -0.4 is 10.8 Å².